The second-order valence-corrected chi connectivity index (χ2v) is 6.79. The Bertz CT molecular complexity index is 811. The molecule has 138 valence electrons. The molecule has 0 spiro atoms. The Hall–Kier alpha value is -2.56. The van der Waals surface area contributed by atoms with Crippen LogP contribution in [0.5, 0.6) is 0 Å². The van der Waals surface area contributed by atoms with Crippen molar-refractivity contribution >= 4 is 12.3 Å². The van der Waals surface area contributed by atoms with Gasteiger partial charge in [0.05, 0.1) is 18.4 Å². The Balaban J connectivity index is 2.99. The Morgan fingerprint density at radius 2 is 1.69 bits per heavy atom. The van der Waals surface area contributed by atoms with Crippen molar-refractivity contribution in [3.63, 3.8) is 0 Å². The molecule has 0 aliphatic carbocycles. The van der Waals surface area contributed by atoms with E-state index in [2.05, 4.69) is 0 Å². The average Bonchev–Trinajstić information content (AvgIpc) is 2.61. The highest BCUT2D eigenvalue weighted by atomic mass is 19.1. The van der Waals surface area contributed by atoms with Gasteiger partial charge >= 0.3 is 5.97 Å². The summed E-state index contributed by atoms with van der Waals surface area (Å²) in [6, 6.07) is 5.90. The maximum absolute atomic E-state index is 13.4. The number of carbonyl (C=O) groups is 2. The molecular weight excluding hydrogens is 333 g/mol. The molecular formula is C21H24FNO3. The molecule has 1 aromatic carbocycles. The van der Waals surface area contributed by atoms with Crippen LogP contribution in [-0.2, 0) is 16.0 Å². The molecule has 0 aliphatic heterocycles. The van der Waals surface area contributed by atoms with Gasteiger partial charge in [-0.3, -0.25) is 4.98 Å². The smallest absolute Gasteiger partial charge is 0.340 e. The van der Waals surface area contributed by atoms with Gasteiger partial charge in [-0.15, -0.1) is 0 Å². The minimum atomic E-state index is -0.511. The average molecular weight is 357 g/mol. The topological polar surface area (TPSA) is 56.3 Å². The van der Waals surface area contributed by atoms with Crippen LogP contribution in [-0.4, -0.2) is 24.3 Å². The van der Waals surface area contributed by atoms with E-state index in [1.807, 2.05) is 27.7 Å². The first-order valence-corrected chi connectivity index (χ1v) is 8.66. The highest BCUT2D eigenvalue weighted by Gasteiger charge is 2.27. The molecule has 0 saturated carbocycles. The second-order valence-electron chi connectivity index (χ2n) is 6.79. The summed E-state index contributed by atoms with van der Waals surface area (Å²) in [6.07, 6.45) is 0.918. The van der Waals surface area contributed by atoms with E-state index >= 15 is 0 Å². The number of esters is 1. The van der Waals surface area contributed by atoms with Gasteiger partial charge in [-0.25, -0.2) is 9.18 Å². The minimum Gasteiger partial charge on any atom is -0.465 e. The highest BCUT2D eigenvalue weighted by molar-refractivity contribution is 6.00. The molecule has 2 rings (SSSR count). The minimum absolute atomic E-state index is 0.0221. The fourth-order valence-electron chi connectivity index (χ4n) is 3.09. The van der Waals surface area contributed by atoms with E-state index in [1.54, 1.807) is 12.1 Å². The summed E-state index contributed by atoms with van der Waals surface area (Å²) in [4.78, 5) is 28.7. The van der Waals surface area contributed by atoms with Crippen molar-refractivity contribution in [2.45, 2.75) is 46.0 Å². The Labute approximate surface area is 153 Å². The van der Waals surface area contributed by atoms with Crippen LogP contribution < -0.4 is 0 Å². The number of carbonyl (C=O) groups excluding carboxylic acids is 2. The zero-order chi connectivity index (χ0) is 19.4. The maximum atomic E-state index is 13.4. The van der Waals surface area contributed by atoms with Crippen LogP contribution in [0.15, 0.2) is 24.3 Å². The van der Waals surface area contributed by atoms with Gasteiger partial charge in [0.15, 0.2) is 0 Å². The van der Waals surface area contributed by atoms with Gasteiger partial charge in [-0.2, -0.15) is 0 Å². The summed E-state index contributed by atoms with van der Waals surface area (Å²) < 4.78 is 18.4. The molecule has 2 aromatic rings. The van der Waals surface area contributed by atoms with E-state index in [0.29, 0.717) is 27.9 Å². The van der Waals surface area contributed by atoms with Crippen molar-refractivity contribution in [1.29, 1.82) is 0 Å². The van der Waals surface area contributed by atoms with Gasteiger partial charge in [0.1, 0.15) is 12.1 Å². The molecule has 26 heavy (non-hydrogen) atoms. The quantitative estimate of drug-likeness (QED) is 0.557. The van der Waals surface area contributed by atoms with Gasteiger partial charge in [-0.1, -0.05) is 39.8 Å². The first-order valence-electron chi connectivity index (χ1n) is 8.66. The molecule has 5 heteroatoms. The molecule has 0 amide bonds. The predicted octanol–water partition coefficient (Wildman–Crippen LogP) is 4.66. The van der Waals surface area contributed by atoms with Crippen molar-refractivity contribution in [1.82, 2.24) is 4.98 Å². The predicted molar refractivity (Wildman–Crippen MR) is 98.9 cm³/mol. The number of pyridine rings is 1. The third kappa shape index (κ3) is 3.82. The first kappa shape index (κ1) is 19.8. The van der Waals surface area contributed by atoms with E-state index in [0.717, 1.165) is 12.0 Å². The summed E-state index contributed by atoms with van der Waals surface area (Å²) >= 11 is 0. The summed E-state index contributed by atoms with van der Waals surface area (Å²) in [6.45, 7) is 7.89. The van der Waals surface area contributed by atoms with Crippen LogP contribution in [0, 0.1) is 5.82 Å². The lowest BCUT2D eigenvalue weighted by Crippen LogP contribution is -2.17. The molecule has 0 aliphatic rings. The van der Waals surface area contributed by atoms with Gasteiger partial charge < -0.3 is 9.53 Å². The monoisotopic (exact) mass is 357 g/mol. The molecule has 0 unspecified atom stereocenters. The molecule has 0 saturated heterocycles. The van der Waals surface area contributed by atoms with Crippen molar-refractivity contribution in [2.75, 3.05) is 7.11 Å². The number of nitrogens with zero attached hydrogens (tertiary/aromatic N) is 1. The van der Waals surface area contributed by atoms with Gasteiger partial charge in [0.25, 0.3) is 0 Å². The van der Waals surface area contributed by atoms with Crippen LogP contribution in [0.1, 0.15) is 66.8 Å². The largest absolute Gasteiger partial charge is 0.465 e. The van der Waals surface area contributed by atoms with E-state index in [1.165, 1.54) is 19.2 Å². The van der Waals surface area contributed by atoms with Crippen molar-refractivity contribution in [2.24, 2.45) is 0 Å². The van der Waals surface area contributed by atoms with Crippen LogP contribution in [0.25, 0.3) is 11.1 Å². The molecule has 0 bridgehead atoms. The molecule has 0 radical (unpaired) electrons. The standard InChI is InChI=1S/C21H24FNO3/c1-12(2)19-16(10-11-24)17(14-6-8-15(22)9-7-14)18(21(25)26-5)20(23-19)13(3)4/h6-9,11-13H,10H2,1-5H3. The number of hydrogen-bond donors (Lipinski definition) is 0. The van der Waals surface area contributed by atoms with E-state index in [9.17, 15) is 14.0 Å². The van der Waals surface area contributed by atoms with E-state index in [4.69, 9.17) is 9.72 Å². The van der Waals surface area contributed by atoms with Gasteiger partial charge in [0, 0.05) is 17.7 Å². The highest BCUT2D eigenvalue weighted by Crippen LogP contribution is 2.37. The zero-order valence-corrected chi connectivity index (χ0v) is 15.8. The van der Waals surface area contributed by atoms with Crippen molar-refractivity contribution < 1.29 is 18.7 Å². The zero-order valence-electron chi connectivity index (χ0n) is 15.8. The van der Waals surface area contributed by atoms with Gasteiger partial charge in [0.2, 0.25) is 0 Å². The molecule has 4 nitrogen and oxygen atoms in total. The number of hydrogen-bond acceptors (Lipinski definition) is 4. The van der Waals surface area contributed by atoms with Crippen LogP contribution >= 0.6 is 0 Å². The van der Waals surface area contributed by atoms with Crippen molar-refractivity contribution in [3.8, 4) is 11.1 Å². The number of methoxy groups -OCH3 is 1. The lowest BCUT2D eigenvalue weighted by molar-refractivity contribution is -0.107. The summed E-state index contributed by atoms with van der Waals surface area (Å²) in [7, 11) is 1.32. The number of halogens is 1. The number of aldehydes is 1. The van der Waals surface area contributed by atoms with Crippen molar-refractivity contribution in [3.05, 3.63) is 52.6 Å². The number of aromatic nitrogens is 1. The lowest BCUT2D eigenvalue weighted by Gasteiger charge is -2.23. The fraction of sp³-hybridized carbons (Fsp3) is 0.381. The van der Waals surface area contributed by atoms with E-state index < -0.39 is 5.97 Å². The third-order valence-corrected chi connectivity index (χ3v) is 4.26. The second kappa shape index (κ2) is 8.21. The Morgan fingerprint density at radius 3 is 2.15 bits per heavy atom. The summed E-state index contributed by atoms with van der Waals surface area (Å²) in [5.41, 5.74) is 3.69. The fourth-order valence-corrected chi connectivity index (χ4v) is 3.09. The number of benzene rings is 1. The van der Waals surface area contributed by atoms with Crippen LogP contribution in [0.2, 0.25) is 0 Å². The lowest BCUT2D eigenvalue weighted by atomic mass is 9.86. The Morgan fingerprint density at radius 1 is 1.12 bits per heavy atom. The summed E-state index contributed by atoms with van der Waals surface area (Å²) in [5.74, 6) is -0.838. The maximum Gasteiger partial charge on any atom is 0.340 e. The van der Waals surface area contributed by atoms with Gasteiger partial charge in [-0.05, 0) is 35.1 Å². The molecule has 0 fully saturated rings. The van der Waals surface area contributed by atoms with Crippen LogP contribution in [0.3, 0.4) is 0 Å². The van der Waals surface area contributed by atoms with E-state index in [-0.39, 0.29) is 24.1 Å². The SMILES string of the molecule is COC(=O)c1c(C(C)C)nc(C(C)C)c(CC=O)c1-c1ccc(F)cc1. The Kier molecular flexibility index (Phi) is 6.24. The first-order chi connectivity index (χ1) is 12.3. The normalized spacial score (nSPS) is 11.1. The number of rotatable bonds is 6. The molecule has 0 atom stereocenters. The molecule has 1 aromatic heterocycles. The molecule has 0 N–H and O–H groups in total. The number of ether oxygens (including phenoxy) is 1. The summed E-state index contributed by atoms with van der Waals surface area (Å²) in [5, 5.41) is 0. The third-order valence-electron chi connectivity index (χ3n) is 4.26. The van der Waals surface area contributed by atoms with Crippen LogP contribution in [0.4, 0.5) is 4.39 Å². The molecule has 1 heterocycles.